The summed E-state index contributed by atoms with van der Waals surface area (Å²) in [6, 6.07) is -0.157. The number of aliphatic imine (C=N–C) groups is 1. The lowest BCUT2D eigenvalue weighted by molar-refractivity contribution is 0.245. The molecule has 72 valence electrons. The number of isocyanates is 1. The molecule has 12 heavy (non-hydrogen) atoms. The molecule has 0 rings (SSSR count). The molecule has 0 aliphatic rings. The van der Waals surface area contributed by atoms with Gasteiger partial charge < -0.3 is 15.7 Å². The summed E-state index contributed by atoms with van der Waals surface area (Å²) in [6.45, 7) is 0. The Labute approximate surface area is 71.7 Å². The van der Waals surface area contributed by atoms with Gasteiger partial charge >= 0.3 is 6.03 Å². The van der Waals surface area contributed by atoms with Crippen molar-refractivity contribution >= 4 is 12.1 Å². The van der Waals surface area contributed by atoms with Crippen molar-refractivity contribution in [2.24, 2.45) is 4.99 Å². The van der Waals surface area contributed by atoms with Gasteiger partial charge in [-0.3, -0.25) is 0 Å². The second-order valence-corrected chi connectivity index (χ2v) is 1.14. The Morgan fingerprint density at radius 1 is 1.33 bits per heavy atom. The second-order valence-electron chi connectivity index (χ2n) is 1.14. The maximum absolute atomic E-state index is 9.96. The van der Waals surface area contributed by atoms with Crippen LogP contribution in [0.4, 0.5) is 4.79 Å². The average Bonchev–Trinajstić information content (AvgIpc) is 2.20. The molecule has 2 amide bonds. The third-order valence-corrected chi connectivity index (χ3v) is 0.545. The van der Waals surface area contributed by atoms with Crippen LogP contribution in [0.3, 0.4) is 0 Å². The number of rotatable bonds is 0. The minimum absolute atomic E-state index is 0.157. The first-order chi connectivity index (χ1) is 5.72. The minimum atomic E-state index is -0.157. The molecule has 0 saturated carbocycles. The molecule has 6 heteroatoms. The largest absolute Gasteiger partial charge is 0.400 e. The molecule has 0 saturated heterocycles. The van der Waals surface area contributed by atoms with Gasteiger partial charge in [-0.05, 0) is 0 Å². The molecule has 0 spiro atoms. The number of aliphatic hydroxyl groups is 1. The molecule has 0 bridgehead atoms. The summed E-state index contributed by atoms with van der Waals surface area (Å²) in [5.74, 6) is 0. The van der Waals surface area contributed by atoms with E-state index in [1.165, 1.54) is 13.1 Å². The summed E-state index contributed by atoms with van der Waals surface area (Å²) in [5.41, 5.74) is 0. The van der Waals surface area contributed by atoms with E-state index < -0.39 is 0 Å². The van der Waals surface area contributed by atoms with Crippen molar-refractivity contribution in [2.75, 3.05) is 28.3 Å². The van der Waals surface area contributed by atoms with Gasteiger partial charge in [0.15, 0.2) is 0 Å². The fourth-order valence-corrected chi connectivity index (χ4v) is 0.125. The van der Waals surface area contributed by atoms with Crippen molar-refractivity contribution in [3.63, 3.8) is 0 Å². The quantitative estimate of drug-likeness (QED) is 0.331. The molecule has 0 aromatic carbocycles. The van der Waals surface area contributed by atoms with Gasteiger partial charge in [-0.15, -0.1) is 0 Å². The van der Waals surface area contributed by atoms with E-state index in [1.807, 2.05) is 0 Å². The molecule has 0 aromatic rings. The van der Waals surface area contributed by atoms with E-state index in [2.05, 4.69) is 15.6 Å². The van der Waals surface area contributed by atoms with E-state index in [-0.39, 0.29) is 6.03 Å². The van der Waals surface area contributed by atoms with E-state index in [0.717, 1.165) is 7.11 Å². The fourth-order valence-electron chi connectivity index (χ4n) is 0.125. The summed E-state index contributed by atoms with van der Waals surface area (Å²) >= 11 is 0. The number of nitrogens with zero attached hydrogens (tertiary/aromatic N) is 1. The zero-order chi connectivity index (χ0) is 10.4. The van der Waals surface area contributed by atoms with Gasteiger partial charge in [0.05, 0.1) is 0 Å². The first-order valence-electron chi connectivity index (χ1n) is 3.03. The van der Waals surface area contributed by atoms with Crippen LogP contribution < -0.4 is 10.6 Å². The maximum Gasteiger partial charge on any atom is 0.314 e. The molecule has 0 heterocycles. The van der Waals surface area contributed by atoms with Gasteiger partial charge in [-0.1, -0.05) is 0 Å². The summed E-state index contributed by atoms with van der Waals surface area (Å²) in [5, 5.41) is 11.7. The number of aliphatic hydroxyl groups excluding tert-OH is 1. The molecule has 3 N–H and O–H groups in total. The smallest absolute Gasteiger partial charge is 0.314 e. The molecule has 0 unspecified atom stereocenters. The number of carbonyl (C=O) groups is 1. The van der Waals surface area contributed by atoms with Crippen molar-refractivity contribution in [1.29, 1.82) is 0 Å². The third kappa shape index (κ3) is 38.3. The molecule has 0 fully saturated rings. The van der Waals surface area contributed by atoms with Crippen molar-refractivity contribution in [2.45, 2.75) is 0 Å². The number of hydrogen-bond acceptors (Lipinski definition) is 4. The van der Waals surface area contributed by atoms with Crippen molar-refractivity contribution < 1.29 is 14.7 Å². The number of hydrogen-bond donors (Lipinski definition) is 3. The Balaban J connectivity index is -0.000000118. The van der Waals surface area contributed by atoms with Crippen LogP contribution in [-0.4, -0.2) is 45.5 Å². The summed E-state index contributed by atoms with van der Waals surface area (Å²) in [6.07, 6.45) is 1.31. The second kappa shape index (κ2) is 22.6. The van der Waals surface area contributed by atoms with E-state index in [9.17, 15) is 4.79 Å². The molecule has 0 aliphatic heterocycles. The van der Waals surface area contributed by atoms with E-state index in [1.54, 1.807) is 14.1 Å². The Morgan fingerprint density at radius 3 is 1.58 bits per heavy atom. The Hall–Kier alpha value is -1.39. The van der Waals surface area contributed by atoms with Crippen molar-refractivity contribution in [1.82, 2.24) is 10.6 Å². The van der Waals surface area contributed by atoms with Crippen LogP contribution in [0.25, 0.3) is 0 Å². The number of amides is 2. The lowest BCUT2D eigenvalue weighted by atomic mass is 11.0. The molecular weight excluding hydrogens is 162 g/mol. The SMILES string of the molecule is CN=C=O.CNC(=O)NC.CO. The first kappa shape index (κ1) is 16.9. The Morgan fingerprint density at radius 2 is 1.58 bits per heavy atom. The van der Waals surface area contributed by atoms with Gasteiger partial charge in [-0.25, -0.2) is 14.6 Å². The minimum Gasteiger partial charge on any atom is -0.400 e. The molecule has 0 radical (unpaired) electrons. The van der Waals surface area contributed by atoms with Crippen LogP contribution in [0.2, 0.25) is 0 Å². The van der Waals surface area contributed by atoms with Gasteiger partial charge in [0, 0.05) is 28.3 Å². The van der Waals surface area contributed by atoms with Crippen LogP contribution >= 0.6 is 0 Å². The average molecular weight is 177 g/mol. The monoisotopic (exact) mass is 177 g/mol. The highest BCUT2D eigenvalue weighted by Gasteiger charge is 1.81. The predicted octanol–water partition coefficient (Wildman–Crippen LogP) is -0.894. The number of urea groups is 1. The van der Waals surface area contributed by atoms with Crippen LogP contribution in [0, 0.1) is 0 Å². The highest BCUT2D eigenvalue weighted by molar-refractivity contribution is 5.72. The van der Waals surface area contributed by atoms with Crippen LogP contribution in [0.1, 0.15) is 0 Å². The molecular formula is C6H15N3O3. The van der Waals surface area contributed by atoms with Gasteiger partial charge in [0.1, 0.15) is 0 Å². The van der Waals surface area contributed by atoms with E-state index in [4.69, 9.17) is 9.90 Å². The number of carbonyl (C=O) groups excluding carboxylic acids is 2. The summed E-state index contributed by atoms with van der Waals surface area (Å²) in [4.78, 5) is 21.8. The molecule has 6 nitrogen and oxygen atoms in total. The van der Waals surface area contributed by atoms with Crippen LogP contribution in [0.5, 0.6) is 0 Å². The maximum atomic E-state index is 9.96. The fraction of sp³-hybridized carbons (Fsp3) is 0.667. The van der Waals surface area contributed by atoms with Crippen LogP contribution in [0.15, 0.2) is 4.99 Å². The Kier molecular flexibility index (Phi) is 31.9. The zero-order valence-electron chi connectivity index (χ0n) is 7.71. The van der Waals surface area contributed by atoms with Gasteiger partial charge in [-0.2, -0.15) is 0 Å². The molecule has 0 aliphatic carbocycles. The van der Waals surface area contributed by atoms with Crippen molar-refractivity contribution in [3.8, 4) is 0 Å². The van der Waals surface area contributed by atoms with Gasteiger partial charge in [0.2, 0.25) is 6.08 Å². The Bertz CT molecular complexity index is 126. The van der Waals surface area contributed by atoms with Crippen molar-refractivity contribution in [3.05, 3.63) is 0 Å². The van der Waals surface area contributed by atoms with E-state index in [0.29, 0.717) is 0 Å². The number of nitrogens with one attached hydrogen (secondary N) is 2. The van der Waals surface area contributed by atoms with Crippen LogP contribution in [-0.2, 0) is 4.79 Å². The topological polar surface area (TPSA) is 90.8 Å². The summed E-state index contributed by atoms with van der Waals surface area (Å²) < 4.78 is 0. The third-order valence-electron chi connectivity index (χ3n) is 0.545. The summed E-state index contributed by atoms with van der Waals surface area (Å²) in [7, 11) is 5.52. The standard InChI is InChI=1S/C3H8N2O.C2H3NO.CH4O/c1-4-3(6)5-2;1-3-2-4;1-2/h1-2H3,(H2,4,5,6);1H3;2H,1H3. The zero-order valence-corrected chi connectivity index (χ0v) is 7.71. The lowest BCUT2D eigenvalue weighted by Crippen LogP contribution is -2.28. The highest BCUT2D eigenvalue weighted by Crippen LogP contribution is 1.48. The highest BCUT2D eigenvalue weighted by atomic mass is 16.2. The normalized spacial score (nSPS) is 5.42. The molecule has 0 atom stereocenters. The predicted molar refractivity (Wildman–Crippen MR) is 45.7 cm³/mol. The molecule has 0 aromatic heterocycles. The lowest BCUT2D eigenvalue weighted by Gasteiger charge is -1.91. The first-order valence-corrected chi connectivity index (χ1v) is 3.03. The van der Waals surface area contributed by atoms with E-state index >= 15 is 0 Å². The van der Waals surface area contributed by atoms with Gasteiger partial charge in [0.25, 0.3) is 0 Å².